The van der Waals surface area contributed by atoms with Crippen LogP contribution >= 0.6 is 11.6 Å². The Morgan fingerprint density at radius 2 is 1.90 bits per heavy atom. The Bertz CT molecular complexity index is 888. The Morgan fingerprint density at radius 1 is 1.28 bits per heavy atom. The van der Waals surface area contributed by atoms with E-state index in [9.17, 15) is 31.2 Å². The van der Waals surface area contributed by atoms with Gasteiger partial charge in [0.15, 0.2) is 6.61 Å². The molecule has 0 bridgehead atoms. The second kappa shape index (κ2) is 8.88. The Hall–Kier alpha value is -1.85. The SMILES string of the molecule is C[C@H](NS(=O)(=O)c1ccc(Cl)c(C(F)(F)F)c1)C(=O)OCC(=O)N[C@@H](C)C1CC1. The molecule has 0 aromatic heterocycles. The lowest BCUT2D eigenvalue weighted by atomic mass is 10.2. The summed E-state index contributed by atoms with van der Waals surface area (Å²) >= 11 is 5.47. The van der Waals surface area contributed by atoms with Gasteiger partial charge in [-0.25, -0.2) is 8.42 Å². The third kappa shape index (κ3) is 6.58. The summed E-state index contributed by atoms with van der Waals surface area (Å²) in [5.41, 5.74) is -1.32. The van der Waals surface area contributed by atoms with E-state index >= 15 is 0 Å². The predicted octanol–water partition coefficient (Wildman–Crippen LogP) is 2.48. The number of alkyl halides is 3. The summed E-state index contributed by atoms with van der Waals surface area (Å²) in [6, 6.07) is 0.566. The summed E-state index contributed by atoms with van der Waals surface area (Å²) in [5.74, 6) is -1.17. The van der Waals surface area contributed by atoms with E-state index in [1.54, 1.807) is 0 Å². The standard InChI is InChI=1S/C17H20ClF3N2O5S/c1-9(11-3-4-11)22-15(24)8-28-16(25)10(2)23-29(26,27)12-5-6-14(18)13(7-12)17(19,20)21/h5-7,9-11,23H,3-4,8H2,1-2H3,(H,22,24)/t9-,10-/m0/s1. The van der Waals surface area contributed by atoms with Crippen LogP contribution in [-0.2, 0) is 30.5 Å². The maximum absolute atomic E-state index is 12.9. The molecule has 0 unspecified atom stereocenters. The van der Waals surface area contributed by atoms with Gasteiger partial charge in [-0.2, -0.15) is 17.9 Å². The minimum atomic E-state index is -4.85. The number of benzene rings is 1. The van der Waals surface area contributed by atoms with Crippen molar-refractivity contribution < 1.29 is 35.9 Å². The molecular weight excluding hydrogens is 437 g/mol. The monoisotopic (exact) mass is 456 g/mol. The lowest BCUT2D eigenvalue weighted by Gasteiger charge is -2.16. The topological polar surface area (TPSA) is 102 Å². The minimum Gasteiger partial charge on any atom is -0.454 e. The molecule has 162 valence electrons. The van der Waals surface area contributed by atoms with E-state index in [0.717, 1.165) is 31.9 Å². The van der Waals surface area contributed by atoms with E-state index < -0.39 is 56.2 Å². The van der Waals surface area contributed by atoms with Crippen molar-refractivity contribution in [2.24, 2.45) is 5.92 Å². The minimum absolute atomic E-state index is 0.0511. The zero-order valence-electron chi connectivity index (χ0n) is 15.5. The van der Waals surface area contributed by atoms with Gasteiger partial charge in [-0.15, -0.1) is 0 Å². The first-order chi connectivity index (χ1) is 13.3. The number of amides is 1. The fraction of sp³-hybridized carbons (Fsp3) is 0.529. The van der Waals surface area contributed by atoms with Gasteiger partial charge in [0.25, 0.3) is 5.91 Å². The highest BCUT2D eigenvalue weighted by molar-refractivity contribution is 7.89. The Balaban J connectivity index is 1.96. The van der Waals surface area contributed by atoms with Crippen molar-refractivity contribution in [2.75, 3.05) is 6.61 Å². The smallest absolute Gasteiger partial charge is 0.417 e. The molecule has 1 fully saturated rings. The van der Waals surface area contributed by atoms with Gasteiger partial charge >= 0.3 is 12.1 Å². The molecule has 1 aliphatic rings. The summed E-state index contributed by atoms with van der Waals surface area (Å²) < 4.78 is 70.0. The van der Waals surface area contributed by atoms with Crippen LogP contribution in [0.5, 0.6) is 0 Å². The van der Waals surface area contributed by atoms with E-state index in [1.807, 2.05) is 11.6 Å². The number of esters is 1. The number of ether oxygens (including phenoxy) is 1. The number of carbonyl (C=O) groups is 2. The van der Waals surface area contributed by atoms with Crippen LogP contribution in [0.25, 0.3) is 0 Å². The van der Waals surface area contributed by atoms with Crippen LogP contribution in [0.1, 0.15) is 32.3 Å². The zero-order valence-corrected chi connectivity index (χ0v) is 17.1. The molecule has 2 rings (SSSR count). The molecule has 2 atom stereocenters. The van der Waals surface area contributed by atoms with E-state index in [2.05, 4.69) is 5.32 Å². The van der Waals surface area contributed by atoms with Crippen molar-refractivity contribution in [3.63, 3.8) is 0 Å². The first-order valence-corrected chi connectivity index (χ1v) is 10.5. The first kappa shape index (κ1) is 23.4. The summed E-state index contributed by atoms with van der Waals surface area (Å²) in [4.78, 5) is 23.0. The quantitative estimate of drug-likeness (QED) is 0.585. The maximum Gasteiger partial charge on any atom is 0.417 e. The molecule has 0 radical (unpaired) electrons. The first-order valence-electron chi connectivity index (χ1n) is 8.66. The average molecular weight is 457 g/mol. The van der Waals surface area contributed by atoms with E-state index in [1.165, 1.54) is 0 Å². The molecule has 0 spiro atoms. The van der Waals surface area contributed by atoms with Gasteiger partial charge in [0.05, 0.1) is 15.5 Å². The highest BCUT2D eigenvalue weighted by Gasteiger charge is 2.35. The van der Waals surface area contributed by atoms with E-state index in [-0.39, 0.29) is 6.04 Å². The van der Waals surface area contributed by atoms with Crippen molar-refractivity contribution in [3.8, 4) is 0 Å². The molecule has 7 nitrogen and oxygen atoms in total. The number of carbonyl (C=O) groups excluding carboxylic acids is 2. The molecule has 0 aliphatic heterocycles. The van der Waals surface area contributed by atoms with Crippen LogP contribution in [0.4, 0.5) is 13.2 Å². The second-order valence-corrected chi connectivity index (χ2v) is 8.90. The number of hydrogen-bond donors (Lipinski definition) is 2. The number of halogens is 4. The van der Waals surface area contributed by atoms with Crippen molar-refractivity contribution in [2.45, 2.75) is 49.8 Å². The lowest BCUT2D eigenvalue weighted by Crippen LogP contribution is -2.42. The van der Waals surface area contributed by atoms with Gasteiger partial charge < -0.3 is 10.1 Å². The molecule has 1 amide bonds. The molecule has 1 aromatic carbocycles. The number of hydrogen-bond acceptors (Lipinski definition) is 5. The number of nitrogens with one attached hydrogen (secondary N) is 2. The summed E-state index contributed by atoms with van der Waals surface area (Å²) in [5, 5.41) is 2.00. The van der Waals surface area contributed by atoms with Gasteiger partial charge in [0.2, 0.25) is 10.0 Å². The fourth-order valence-corrected chi connectivity index (χ4v) is 3.95. The zero-order chi connectivity index (χ0) is 22.0. The summed E-state index contributed by atoms with van der Waals surface area (Å²) in [6.07, 6.45) is -2.82. The van der Waals surface area contributed by atoms with Gasteiger partial charge in [0, 0.05) is 6.04 Å². The van der Waals surface area contributed by atoms with Gasteiger partial charge in [-0.3, -0.25) is 9.59 Å². The van der Waals surface area contributed by atoms with Crippen LogP contribution in [0, 0.1) is 5.92 Å². The van der Waals surface area contributed by atoms with E-state index in [0.29, 0.717) is 12.0 Å². The third-order valence-corrected chi connectivity index (χ3v) is 6.17. The van der Waals surface area contributed by atoms with Crippen molar-refractivity contribution >= 4 is 33.5 Å². The normalized spacial score (nSPS) is 16.8. The highest BCUT2D eigenvalue weighted by atomic mass is 35.5. The van der Waals surface area contributed by atoms with Crippen molar-refractivity contribution in [3.05, 3.63) is 28.8 Å². The van der Waals surface area contributed by atoms with Crippen LogP contribution in [0.2, 0.25) is 5.02 Å². The molecule has 1 saturated carbocycles. The van der Waals surface area contributed by atoms with Crippen LogP contribution in [0.15, 0.2) is 23.1 Å². The lowest BCUT2D eigenvalue weighted by molar-refractivity contribution is -0.150. The van der Waals surface area contributed by atoms with Gasteiger partial charge in [-0.05, 0) is 50.8 Å². The largest absolute Gasteiger partial charge is 0.454 e. The van der Waals surface area contributed by atoms with Crippen LogP contribution < -0.4 is 10.0 Å². The molecule has 2 N–H and O–H groups in total. The predicted molar refractivity (Wildman–Crippen MR) is 97.5 cm³/mol. The summed E-state index contributed by atoms with van der Waals surface area (Å²) in [7, 11) is -4.47. The van der Waals surface area contributed by atoms with E-state index in [4.69, 9.17) is 16.3 Å². The molecule has 0 heterocycles. The number of rotatable bonds is 8. The highest BCUT2D eigenvalue weighted by Crippen LogP contribution is 2.36. The van der Waals surface area contributed by atoms with Crippen LogP contribution in [-0.4, -0.2) is 39.0 Å². The Morgan fingerprint density at radius 3 is 2.45 bits per heavy atom. The molecule has 29 heavy (non-hydrogen) atoms. The molecule has 12 heteroatoms. The maximum atomic E-state index is 12.9. The average Bonchev–Trinajstić information content (AvgIpc) is 3.43. The number of sulfonamides is 1. The Labute approximate surface area is 171 Å². The van der Waals surface area contributed by atoms with Gasteiger partial charge in [-0.1, -0.05) is 11.6 Å². The molecular formula is C17H20ClF3N2O5S. The molecule has 0 saturated heterocycles. The Kier molecular flexibility index (Phi) is 7.18. The summed E-state index contributed by atoms with van der Waals surface area (Å²) in [6.45, 7) is 2.38. The van der Waals surface area contributed by atoms with Crippen LogP contribution in [0.3, 0.4) is 0 Å². The van der Waals surface area contributed by atoms with Crippen molar-refractivity contribution in [1.29, 1.82) is 0 Å². The fourth-order valence-electron chi connectivity index (χ4n) is 2.51. The van der Waals surface area contributed by atoms with Gasteiger partial charge in [0.1, 0.15) is 6.04 Å². The molecule has 1 aromatic rings. The molecule has 1 aliphatic carbocycles. The third-order valence-electron chi connectivity index (χ3n) is 4.30. The second-order valence-electron chi connectivity index (χ2n) is 6.78. The van der Waals surface area contributed by atoms with Crippen molar-refractivity contribution in [1.82, 2.24) is 10.0 Å².